The fourth-order valence-corrected chi connectivity index (χ4v) is 3.36. The quantitative estimate of drug-likeness (QED) is 0.696. The number of carbonyl (C=O) groups is 1. The summed E-state index contributed by atoms with van der Waals surface area (Å²) in [5, 5.41) is 6.47. The van der Waals surface area contributed by atoms with E-state index >= 15 is 0 Å². The number of nitrogens with one attached hydrogen (secondary N) is 1. The zero-order valence-electron chi connectivity index (χ0n) is 12.0. The van der Waals surface area contributed by atoms with Gasteiger partial charge < -0.3 is 5.32 Å². The lowest BCUT2D eigenvalue weighted by molar-refractivity contribution is 0.0936. The summed E-state index contributed by atoms with van der Waals surface area (Å²) in [6.07, 6.45) is 0.858. The zero-order chi connectivity index (χ0) is 15.5. The first kappa shape index (κ1) is 15.0. The summed E-state index contributed by atoms with van der Waals surface area (Å²) in [7, 11) is 0. The number of fused-ring (bicyclic) bond motifs is 1. The first-order valence-corrected chi connectivity index (χ1v) is 8.33. The molecule has 112 valence electrons. The number of rotatable bonds is 4. The van der Waals surface area contributed by atoms with Gasteiger partial charge in [-0.05, 0) is 48.2 Å². The van der Waals surface area contributed by atoms with Crippen molar-refractivity contribution in [2.24, 2.45) is 0 Å². The maximum Gasteiger partial charge on any atom is 0.251 e. The highest BCUT2D eigenvalue weighted by Crippen LogP contribution is 2.23. The Kier molecular flexibility index (Phi) is 4.41. The van der Waals surface area contributed by atoms with Crippen LogP contribution in [0, 0.1) is 0 Å². The van der Waals surface area contributed by atoms with Crippen LogP contribution in [-0.2, 0) is 0 Å². The van der Waals surface area contributed by atoms with Gasteiger partial charge in [-0.2, -0.15) is 0 Å². The maximum absolute atomic E-state index is 12.5. The molecule has 0 saturated carbocycles. The number of hydrogen-bond donors (Lipinski definition) is 1. The third-order valence-corrected chi connectivity index (χ3v) is 4.71. The summed E-state index contributed by atoms with van der Waals surface area (Å²) in [6.45, 7) is 2.07. The van der Waals surface area contributed by atoms with Gasteiger partial charge in [-0.3, -0.25) is 4.79 Å². The first-order chi connectivity index (χ1) is 10.7. The summed E-state index contributed by atoms with van der Waals surface area (Å²) in [5.41, 5.74) is 1.42. The van der Waals surface area contributed by atoms with Crippen molar-refractivity contribution in [2.75, 3.05) is 0 Å². The number of carbonyl (C=O) groups excluding carboxylic acids is 1. The molecule has 22 heavy (non-hydrogen) atoms. The minimum absolute atomic E-state index is 0.0477. The molecule has 3 nitrogen and oxygen atoms in total. The molecule has 2 heterocycles. The van der Waals surface area contributed by atoms with Crippen LogP contribution in [-0.4, -0.2) is 10.9 Å². The minimum atomic E-state index is -0.0721. The van der Waals surface area contributed by atoms with Crippen molar-refractivity contribution in [1.82, 2.24) is 10.3 Å². The largest absolute Gasteiger partial charge is 0.344 e. The van der Waals surface area contributed by atoms with Crippen LogP contribution < -0.4 is 5.32 Å². The molecule has 0 aliphatic heterocycles. The molecule has 1 amide bonds. The molecular formula is C17H15ClN2OS. The van der Waals surface area contributed by atoms with Crippen LogP contribution in [0.5, 0.6) is 0 Å². The first-order valence-electron chi connectivity index (χ1n) is 7.08. The lowest BCUT2D eigenvalue weighted by atomic mass is 10.1. The predicted molar refractivity (Wildman–Crippen MR) is 91.6 cm³/mol. The van der Waals surface area contributed by atoms with Crippen LogP contribution in [0.4, 0.5) is 0 Å². The van der Waals surface area contributed by atoms with Crippen molar-refractivity contribution < 1.29 is 4.79 Å². The average molecular weight is 331 g/mol. The molecule has 0 radical (unpaired) electrons. The monoisotopic (exact) mass is 330 g/mol. The van der Waals surface area contributed by atoms with E-state index in [4.69, 9.17) is 11.6 Å². The molecule has 0 fully saturated rings. The van der Waals surface area contributed by atoms with E-state index in [0.717, 1.165) is 17.3 Å². The summed E-state index contributed by atoms with van der Waals surface area (Å²) >= 11 is 7.53. The average Bonchev–Trinajstić information content (AvgIpc) is 3.06. The number of aromatic nitrogens is 1. The number of benzene rings is 1. The van der Waals surface area contributed by atoms with E-state index < -0.39 is 0 Å². The Hall–Kier alpha value is -1.91. The summed E-state index contributed by atoms with van der Waals surface area (Å²) in [6, 6.07) is 13.1. The van der Waals surface area contributed by atoms with Gasteiger partial charge in [0.1, 0.15) is 5.15 Å². The molecule has 3 aromatic rings. The van der Waals surface area contributed by atoms with E-state index in [1.807, 2.05) is 35.7 Å². The smallest absolute Gasteiger partial charge is 0.251 e. The van der Waals surface area contributed by atoms with Gasteiger partial charge in [0.25, 0.3) is 5.91 Å². The van der Waals surface area contributed by atoms with E-state index in [2.05, 4.69) is 17.2 Å². The van der Waals surface area contributed by atoms with Gasteiger partial charge in [-0.15, -0.1) is 11.3 Å². The van der Waals surface area contributed by atoms with Crippen LogP contribution in [0.1, 0.15) is 34.6 Å². The SMILES string of the molecule is CCC(NC(=O)c1ccc2nc(Cl)ccc2c1)c1cccs1. The molecule has 0 aliphatic carbocycles. The number of nitrogens with zero attached hydrogens (tertiary/aromatic N) is 1. The molecule has 0 aliphatic rings. The molecule has 0 bridgehead atoms. The van der Waals surface area contributed by atoms with E-state index in [0.29, 0.717) is 10.7 Å². The third-order valence-electron chi connectivity index (χ3n) is 3.52. The van der Waals surface area contributed by atoms with Crippen LogP contribution in [0.25, 0.3) is 10.9 Å². The third kappa shape index (κ3) is 3.13. The van der Waals surface area contributed by atoms with E-state index in [1.54, 1.807) is 23.5 Å². The summed E-state index contributed by atoms with van der Waals surface area (Å²) in [5.74, 6) is -0.0721. The van der Waals surface area contributed by atoms with Crippen LogP contribution >= 0.6 is 22.9 Å². The lowest BCUT2D eigenvalue weighted by Gasteiger charge is -2.15. The highest BCUT2D eigenvalue weighted by molar-refractivity contribution is 7.10. The number of pyridine rings is 1. The number of thiophene rings is 1. The van der Waals surface area contributed by atoms with Gasteiger partial charge in [0.2, 0.25) is 0 Å². The van der Waals surface area contributed by atoms with Crippen LogP contribution in [0.2, 0.25) is 5.15 Å². The Bertz CT molecular complexity index is 802. The van der Waals surface area contributed by atoms with Gasteiger partial charge in [0.05, 0.1) is 11.6 Å². The molecule has 0 spiro atoms. The van der Waals surface area contributed by atoms with E-state index in [-0.39, 0.29) is 11.9 Å². The normalized spacial score (nSPS) is 12.3. The van der Waals surface area contributed by atoms with Gasteiger partial charge in [-0.1, -0.05) is 24.6 Å². The fraction of sp³-hybridized carbons (Fsp3) is 0.176. The standard InChI is InChI=1S/C17H15ClN2OS/c1-2-13(15-4-3-9-22-15)20-17(21)12-5-7-14-11(10-12)6-8-16(18)19-14/h3-10,13H,2H2,1H3,(H,20,21). The highest BCUT2D eigenvalue weighted by atomic mass is 35.5. The van der Waals surface area contributed by atoms with Crippen molar-refractivity contribution in [3.63, 3.8) is 0 Å². The van der Waals surface area contributed by atoms with Gasteiger partial charge in [0, 0.05) is 15.8 Å². The van der Waals surface area contributed by atoms with Crippen LogP contribution in [0.15, 0.2) is 47.8 Å². The second-order valence-corrected chi connectivity index (χ2v) is 6.36. The molecule has 1 N–H and O–H groups in total. The maximum atomic E-state index is 12.5. The van der Waals surface area contributed by atoms with Crippen molar-refractivity contribution in [2.45, 2.75) is 19.4 Å². The zero-order valence-corrected chi connectivity index (χ0v) is 13.6. The molecule has 0 saturated heterocycles. The Morgan fingerprint density at radius 1 is 1.32 bits per heavy atom. The number of halogens is 1. The molecule has 3 rings (SSSR count). The fourth-order valence-electron chi connectivity index (χ4n) is 2.35. The number of amides is 1. The molecule has 2 aromatic heterocycles. The molecule has 1 atom stereocenters. The van der Waals surface area contributed by atoms with E-state index in [9.17, 15) is 4.79 Å². The Morgan fingerprint density at radius 3 is 2.91 bits per heavy atom. The Balaban J connectivity index is 1.84. The summed E-state index contributed by atoms with van der Waals surface area (Å²) < 4.78 is 0. The van der Waals surface area contributed by atoms with Crippen molar-refractivity contribution in [3.05, 3.63) is 63.4 Å². The minimum Gasteiger partial charge on any atom is -0.344 e. The molecular weight excluding hydrogens is 316 g/mol. The number of hydrogen-bond acceptors (Lipinski definition) is 3. The van der Waals surface area contributed by atoms with Crippen molar-refractivity contribution in [1.29, 1.82) is 0 Å². The Labute approximate surface area is 138 Å². The van der Waals surface area contributed by atoms with Gasteiger partial charge >= 0.3 is 0 Å². The molecule has 5 heteroatoms. The lowest BCUT2D eigenvalue weighted by Crippen LogP contribution is -2.27. The molecule has 1 unspecified atom stereocenters. The highest BCUT2D eigenvalue weighted by Gasteiger charge is 2.15. The van der Waals surface area contributed by atoms with Gasteiger partial charge in [0.15, 0.2) is 0 Å². The van der Waals surface area contributed by atoms with Gasteiger partial charge in [-0.25, -0.2) is 4.98 Å². The Morgan fingerprint density at radius 2 is 2.18 bits per heavy atom. The van der Waals surface area contributed by atoms with E-state index in [1.165, 1.54) is 4.88 Å². The second kappa shape index (κ2) is 6.46. The predicted octanol–water partition coefficient (Wildman–Crippen LogP) is 4.83. The van der Waals surface area contributed by atoms with Crippen molar-refractivity contribution in [3.8, 4) is 0 Å². The second-order valence-electron chi connectivity index (χ2n) is 4.99. The van der Waals surface area contributed by atoms with Crippen LogP contribution in [0.3, 0.4) is 0 Å². The molecule has 1 aromatic carbocycles. The topological polar surface area (TPSA) is 42.0 Å². The summed E-state index contributed by atoms with van der Waals surface area (Å²) in [4.78, 5) is 17.9. The van der Waals surface area contributed by atoms with Crippen molar-refractivity contribution >= 4 is 39.7 Å².